The largest absolute Gasteiger partial charge is 0.393 e. The minimum absolute atomic E-state index is 0.292. The molecule has 1 aliphatic rings. The Balaban J connectivity index is 2.29. The molecule has 0 bridgehead atoms. The maximum Gasteiger partial charge on any atom is 0.151 e. The number of hydrogen-bond acceptors (Lipinski definition) is 4. The average Bonchev–Trinajstić information content (AvgIpc) is 2.27. The van der Waals surface area contributed by atoms with Crippen LogP contribution in [0.3, 0.4) is 0 Å². The number of hydrogen-bond donors (Lipinski definition) is 1. The zero-order valence-corrected chi connectivity index (χ0v) is 10.4. The first-order valence-electron chi connectivity index (χ1n) is 5.21. The Bertz CT molecular complexity index is 314. The topological polar surface area (TPSA) is 63.4 Å². The molecule has 88 valence electrons. The monoisotopic (exact) mass is 250 g/mol. The number of nitrogens with two attached hydrogens (primary N) is 1. The van der Waals surface area contributed by atoms with Crippen molar-refractivity contribution in [2.24, 2.45) is 5.73 Å². The van der Waals surface area contributed by atoms with E-state index in [0.29, 0.717) is 23.0 Å². The van der Waals surface area contributed by atoms with Crippen LogP contribution < -0.4 is 5.73 Å². The van der Waals surface area contributed by atoms with Crippen LogP contribution in [0.25, 0.3) is 0 Å². The third-order valence-electron chi connectivity index (χ3n) is 2.55. The van der Waals surface area contributed by atoms with E-state index in [0.717, 1.165) is 32.4 Å². The Morgan fingerprint density at radius 2 is 2.07 bits per heavy atom. The van der Waals surface area contributed by atoms with Crippen molar-refractivity contribution < 1.29 is 8.42 Å². The number of thiocarbonyl (C=S) groups is 1. The lowest BCUT2D eigenvalue weighted by Gasteiger charge is -2.18. The third kappa shape index (κ3) is 5.44. The molecule has 0 atom stereocenters. The first-order valence-corrected chi connectivity index (χ1v) is 7.44. The maximum atomic E-state index is 11.3. The first kappa shape index (κ1) is 12.9. The quantitative estimate of drug-likeness (QED) is 0.721. The predicted octanol–water partition coefficient (Wildman–Crippen LogP) is 0.173. The Morgan fingerprint density at radius 1 is 1.33 bits per heavy atom. The number of nitrogens with zero attached hydrogens (tertiary/aromatic N) is 1. The van der Waals surface area contributed by atoms with Crippen LogP contribution in [0.15, 0.2) is 0 Å². The van der Waals surface area contributed by atoms with Crippen molar-refractivity contribution in [2.45, 2.75) is 19.3 Å². The molecule has 1 heterocycles. The molecule has 2 N–H and O–H groups in total. The average molecular weight is 250 g/mol. The van der Waals surface area contributed by atoms with E-state index in [1.54, 1.807) is 0 Å². The van der Waals surface area contributed by atoms with Gasteiger partial charge in [0.05, 0.1) is 16.5 Å². The highest BCUT2D eigenvalue weighted by molar-refractivity contribution is 7.91. The van der Waals surface area contributed by atoms with E-state index in [1.165, 1.54) is 0 Å². The van der Waals surface area contributed by atoms with Gasteiger partial charge in [0.1, 0.15) is 0 Å². The van der Waals surface area contributed by atoms with Crippen LogP contribution in [0.4, 0.5) is 0 Å². The van der Waals surface area contributed by atoms with Crippen molar-refractivity contribution in [2.75, 3.05) is 31.1 Å². The molecule has 0 aliphatic carbocycles. The molecule has 0 amide bonds. The molecule has 0 saturated carbocycles. The Labute approximate surface area is 96.7 Å². The van der Waals surface area contributed by atoms with E-state index in [2.05, 4.69) is 4.90 Å². The molecule has 0 spiro atoms. The molecule has 1 aliphatic heterocycles. The summed E-state index contributed by atoms with van der Waals surface area (Å²) in [7, 11) is -2.79. The summed E-state index contributed by atoms with van der Waals surface area (Å²) < 4.78 is 22.7. The summed E-state index contributed by atoms with van der Waals surface area (Å²) in [6.45, 7) is 2.42. The van der Waals surface area contributed by atoms with Crippen LogP contribution in [-0.4, -0.2) is 49.4 Å². The standard InChI is InChI=1S/C9H18N2O2S2/c10-9(14)3-1-4-11-5-2-7-15(12,13)8-6-11/h1-8H2,(H2,10,14). The Morgan fingerprint density at radius 3 is 2.73 bits per heavy atom. The third-order valence-corrected chi connectivity index (χ3v) is 4.47. The van der Waals surface area contributed by atoms with Gasteiger partial charge in [-0.2, -0.15) is 0 Å². The molecule has 0 aromatic heterocycles. The molecule has 15 heavy (non-hydrogen) atoms. The maximum absolute atomic E-state index is 11.3. The van der Waals surface area contributed by atoms with E-state index in [1.807, 2.05) is 0 Å². The van der Waals surface area contributed by atoms with Crippen LogP contribution in [0.2, 0.25) is 0 Å². The second-order valence-electron chi connectivity index (χ2n) is 3.92. The highest BCUT2D eigenvalue weighted by Crippen LogP contribution is 2.06. The molecule has 6 heteroatoms. The number of rotatable bonds is 4. The Kier molecular flexibility index (Phi) is 4.95. The van der Waals surface area contributed by atoms with Gasteiger partial charge in [0, 0.05) is 6.54 Å². The van der Waals surface area contributed by atoms with E-state index < -0.39 is 9.84 Å². The van der Waals surface area contributed by atoms with Gasteiger partial charge in [0.25, 0.3) is 0 Å². The second-order valence-corrected chi connectivity index (χ2v) is 6.74. The molecule has 1 fully saturated rings. The van der Waals surface area contributed by atoms with Crippen molar-refractivity contribution in [1.29, 1.82) is 0 Å². The molecule has 0 unspecified atom stereocenters. The van der Waals surface area contributed by atoms with Gasteiger partial charge in [-0.15, -0.1) is 0 Å². The Hall–Kier alpha value is -0.200. The van der Waals surface area contributed by atoms with Gasteiger partial charge in [-0.05, 0) is 32.4 Å². The van der Waals surface area contributed by atoms with Crippen LogP contribution in [-0.2, 0) is 9.84 Å². The first-order chi connectivity index (χ1) is 6.99. The molecular formula is C9H18N2O2S2. The fourth-order valence-electron chi connectivity index (χ4n) is 1.69. The lowest BCUT2D eigenvalue weighted by molar-refractivity contribution is 0.293. The fraction of sp³-hybridized carbons (Fsp3) is 0.889. The summed E-state index contributed by atoms with van der Waals surface area (Å²) in [5.41, 5.74) is 5.40. The molecular weight excluding hydrogens is 232 g/mol. The number of sulfone groups is 1. The van der Waals surface area contributed by atoms with Crippen molar-refractivity contribution in [1.82, 2.24) is 4.90 Å². The van der Waals surface area contributed by atoms with E-state index in [4.69, 9.17) is 18.0 Å². The SMILES string of the molecule is NC(=S)CCCN1CCCS(=O)(=O)CC1. The van der Waals surface area contributed by atoms with Gasteiger partial charge in [-0.25, -0.2) is 8.42 Å². The van der Waals surface area contributed by atoms with Crippen LogP contribution >= 0.6 is 12.2 Å². The van der Waals surface area contributed by atoms with Crippen LogP contribution in [0.5, 0.6) is 0 Å². The lowest BCUT2D eigenvalue weighted by atomic mass is 10.3. The zero-order valence-electron chi connectivity index (χ0n) is 8.81. The summed E-state index contributed by atoms with van der Waals surface area (Å²) in [4.78, 5) is 2.72. The van der Waals surface area contributed by atoms with Crippen molar-refractivity contribution in [3.8, 4) is 0 Å². The predicted molar refractivity (Wildman–Crippen MR) is 65.7 cm³/mol. The van der Waals surface area contributed by atoms with Crippen LogP contribution in [0.1, 0.15) is 19.3 Å². The zero-order chi connectivity index (χ0) is 11.3. The summed E-state index contributed by atoms with van der Waals surface area (Å²) in [6, 6.07) is 0. The molecule has 1 rings (SSSR count). The molecule has 0 aromatic carbocycles. The fourth-order valence-corrected chi connectivity index (χ4v) is 3.14. The lowest BCUT2D eigenvalue weighted by Crippen LogP contribution is -2.28. The van der Waals surface area contributed by atoms with Gasteiger partial charge < -0.3 is 10.6 Å². The van der Waals surface area contributed by atoms with Gasteiger partial charge in [-0.1, -0.05) is 12.2 Å². The normalized spacial score (nSPS) is 22.1. The van der Waals surface area contributed by atoms with Crippen molar-refractivity contribution >= 4 is 27.0 Å². The summed E-state index contributed by atoms with van der Waals surface area (Å²) >= 11 is 4.79. The van der Waals surface area contributed by atoms with Gasteiger partial charge >= 0.3 is 0 Å². The van der Waals surface area contributed by atoms with Gasteiger partial charge in [-0.3, -0.25) is 0 Å². The van der Waals surface area contributed by atoms with Gasteiger partial charge in [0.2, 0.25) is 0 Å². The van der Waals surface area contributed by atoms with E-state index >= 15 is 0 Å². The minimum Gasteiger partial charge on any atom is -0.393 e. The molecule has 0 aromatic rings. The van der Waals surface area contributed by atoms with Crippen molar-refractivity contribution in [3.63, 3.8) is 0 Å². The van der Waals surface area contributed by atoms with E-state index in [-0.39, 0.29) is 0 Å². The second kappa shape index (κ2) is 5.77. The summed E-state index contributed by atoms with van der Waals surface area (Å²) in [6.07, 6.45) is 2.42. The highest BCUT2D eigenvalue weighted by Gasteiger charge is 2.18. The smallest absolute Gasteiger partial charge is 0.151 e. The summed E-state index contributed by atoms with van der Waals surface area (Å²) in [5.74, 6) is 0.624. The minimum atomic E-state index is -2.79. The summed E-state index contributed by atoms with van der Waals surface area (Å²) in [5, 5.41) is 0. The molecule has 4 nitrogen and oxygen atoms in total. The molecule has 0 radical (unpaired) electrons. The van der Waals surface area contributed by atoms with Crippen LogP contribution in [0, 0.1) is 0 Å². The van der Waals surface area contributed by atoms with Crippen molar-refractivity contribution in [3.05, 3.63) is 0 Å². The molecule has 1 saturated heterocycles. The van der Waals surface area contributed by atoms with Gasteiger partial charge in [0.15, 0.2) is 9.84 Å². The highest BCUT2D eigenvalue weighted by atomic mass is 32.2. The van der Waals surface area contributed by atoms with E-state index in [9.17, 15) is 8.42 Å².